The molecule has 0 saturated heterocycles. The Morgan fingerprint density at radius 2 is 1.90 bits per heavy atom. The molecule has 7 heteroatoms. The topological polar surface area (TPSA) is 69.2 Å². The van der Waals surface area contributed by atoms with Crippen molar-refractivity contribution in [3.63, 3.8) is 0 Å². The van der Waals surface area contributed by atoms with E-state index in [4.69, 9.17) is 9.47 Å². The van der Waals surface area contributed by atoms with Gasteiger partial charge in [0.2, 0.25) is 5.95 Å². The maximum Gasteiger partial charge on any atom is 0.330 e. The second-order valence-electron chi connectivity index (χ2n) is 3.71. The molecule has 6 nitrogen and oxygen atoms in total. The maximum atomic E-state index is 5.73. The number of aromatic nitrogens is 3. The molecule has 0 atom stereocenters. The van der Waals surface area contributed by atoms with Gasteiger partial charge in [-0.05, 0) is 25.3 Å². The van der Waals surface area contributed by atoms with Gasteiger partial charge in [-0.25, -0.2) is 0 Å². The fourth-order valence-corrected chi connectivity index (χ4v) is 2.04. The quantitative estimate of drug-likeness (QED) is 0.821. The van der Waals surface area contributed by atoms with Crippen molar-refractivity contribution in [1.29, 1.82) is 0 Å². The highest BCUT2D eigenvalue weighted by atomic mass is 32.2. The Kier molecular flexibility index (Phi) is 5.00. The molecular weight excluding hydrogens is 276 g/mol. The van der Waals surface area contributed by atoms with E-state index in [0.29, 0.717) is 18.2 Å². The summed E-state index contributed by atoms with van der Waals surface area (Å²) < 4.78 is 10.8. The van der Waals surface area contributed by atoms with E-state index in [-0.39, 0.29) is 12.0 Å². The van der Waals surface area contributed by atoms with Crippen molar-refractivity contribution in [2.45, 2.75) is 11.8 Å². The van der Waals surface area contributed by atoms with Gasteiger partial charge >= 0.3 is 12.0 Å². The van der Waals surface area contributed by atoms with Crippen LogP contribution in [0, 0.1) is 0 Å². The Hall–Kier alpha value is -2.02. The number of methoxy groups -OCH3 is 1. The zero-order valence-electron chi connectivity index (χ0n) is 11.6. The lowest BCUT2D eigenvalue weighted by Gasteiger charge is -2.09. The molecule has 106 valence electrons. The van der Waals surface area contributed by atoms with Crippen LogP contribution in [0.1, 0.15) is 6.92 Å². The summed E-state index contributed by atoms with van der Waals surface area (Å²) in [5, 5.41) is 3.01. The number of para-hydroxylation sites is 1. The van der Waals surface area contributed by atoms with E-state index in [9.17, 15) is 0 Å². The minimum absolute atomic E-state index is 0.203. The molecule has 2 rings (SSSR count). The molecular formula is C13H16N4O2S. The molecule has 0 radical (unpaired) electrons. The molecule has 2 aromatic rings. The second kappa shape index (κ2) is 6.95. The third kappa shape index (κ3) is 3.51. The van der Waals surface area contributed by atoms with Crippen molar-refractivity contribution in [3.8, 4) is 17.8 Å². The first kappa shape index (κ1) is 14.4. The first-order chi connectivity index (χ1) is 9.76. The van der Waals surface area contributed by atoms with Gasteiger partial charge in [0.25, 0.3) is 0 Å². The predicted octanol–water partition coefficient (Wildman–Crippen LogP) is 2.83. The molecule has 1 N–H and O–H groups in total. The SMILES string of the molecule is CCNc1nc(OC)nc(Oc2ccccc2SC)n1. The second-order valence-corrected chi connectivity index (χ2v) is 4.56. The van der Waals surface area contributed by atoms with Crippen LogP contribution in [0.25, 0.3) is 0 Å². The van der Waals surface area contributed by atoms with Crippen molar-refractivity contribution in [2.75, 3.05) is 25.2 Å². The molecule has 0 spiro atoms. The molecule has 0 bridgehead atoms. The van der Waals surface area contributed by atoms with Crippen LogP contribution in [-0.2, 0) is 0 Å². The van der Waals surface area contributed by atoms with Crippen molar-refractivity contribution >= 4 is 17.7 Å². The Labute approximate surface area is 122 Å². The van der Waals surface area contributed by atoms with E-state index < -0.39 is 0 Å². The van der Waals surface area contributed by atoms with Crippen LogP contribution in [0.4, 0.5) is 5.95 Å². The largest absolute Gasteiger partial charge is 0.467 e. The van der Waals surface area contributed by atoms with Gasteiger partial charge in [0, 0.05) is 11.4 Å². The number of hydrogen-bond donors (Lipinski definition) is 1. The van der Waals surface area contributed by atoms with E-state index in [2.05, 4.69) is 20.3 Å². The fraction of sp³-hybridized carbons (Fsp3) is 0.308. The highest BCUT2D eigenvalue weighted by Gasteiger charge is 2.10. The summed E-state index contributed by atoms with van der Waals surface area (Å²) in [5.74, 6) is 1.13. The zero-order valence-corrected chi connectivity index (χ0v) is 12.4. The van der Waals surface area contributed by atoms with Crippen LogP contribution < -0.4 is 14.8 Å². The first-order valence-corrected chi connectivity index (χ1v) is 7.34. The van der Waals surface area contributed by atoms with E-state index in [0.717, 1.165) is 4.90 Å². The van der Waals surface area contributed by atoms with Gasteiger partial charge in [0.05, 0.1) is 7.11 Å². The number of ether oxygens (including phenoxy) is 2. The van der Waals surface area contributed by atoms with E-state index in [1.807, 2.05) is 37.4 Å². The monoisotopic (exact) mass is 292 g/mol. The average Bonchev–Trinajstić information content (AvgIpc) is 2.48. The Bertz CT molecular complexity index is 580. The van der Waals surface area contributed by atoms with Crippen molar-refractivity contribution in [2.24, 2.45) is 0 Å². The molecule has 1 aromatic carbocycles. The predicted molar refractivity (Wildman–Crippen MR) is 78.8 cm³/mol. The van der Waals surface area contributed by atoms with Crippen LogP contribution in [-0.4, -0.2) is 34.9 Å². The van der Waals surface area contributed by atoms with Gasteiger partial charge in [0.15, 0.2) is 0 Å². The summed E-state index contributed by atoms with van der Waals surface area (Å²) in [7, 11) is 1.50. The van der Waals surface area contributed by atoms with Crippen LogP contribution in [0.15, 0.2) is 29.2 Å². The van der Waals surface area contributed by atoms with Gasteiger partial charge < -0.3 is 14.8 Å². The van der Waals surface area contributed by atoms with Crippen molar-refractivity contribution < 1.29 is 9.47 Å². The molecule has 0 unspecified atom stereocenters. The molecule has 0 fully saturated rings. The molecule has 20 heavy (non-hydrogen) atoms. The fourth-order valence-electron chi connectivity index (χ4n) is 1.51. The number of anilines is 1. The van der Waals surface area contributed by atoms with E-state index >= 15 is 0 Å². The summed E-state index contributed by atoms with van der Waals surface area (Å²) in [5.41, 5.74) is 0. The molecule has 0 aliphatic heterocycles. The number of nitrogens with one attached hydrogen (secondary N) is 1. The summed E-state index contributed by atoms with van der Waals surface area (Å²) in [6.07, 6.45) is 1.99. The molecule has 0 aliphatic carbocycles. The lowest BCUT2D eigenvalue weighted by Crippen LogP contribution is -2.06. The Morgan fingerprint density at radius 1 is 1.15 bits per heavy atom. The normalized spacial score (nSPS) is 10.2. The van der Waals surface area contributed by atoms with E-state index in [1.54, 1.807) is 11.8 Å². The lowest BCUT2D eigenvalue weighted by molar-refractivity contribution is 0.358. The van der Waals surface area contributed by atoms with Crippen molar-refractivity contribution in [1.82, 2.24) is 15.0 Å². The van der Waals surface area contributed by atoms with Gasteiger partial charge in [0.1, 0.15) is 5.75 Å². The minimum Gasteiger partial charge on any atom is -0.467 e. The molecule has 1 heterocycles. The Morgan fingerprint density at radius 3 is 2.60 bits per heavy atom. The average molecular weight is 292 g/mol. The third-order valence-corrected chi connectivity index (χ3v) is 3.16. The van der Waals surface area contributed by atoms with Crippen LogP contribution >= 0.6 is 11.8 Å². The van der Waals surface area contributed by atoms with Gasteiger partial charge in [-0.3, -0.25) is 0 Å². The summed E-state index contributed by atoms with van der Waals surface area (Å²) >= 11 is 1.60. The van der Waals surface area contributed by atoms with Gasteiger partial charge in [-0.15, -0.1) is 16.7 Å². The zero-order chi connectivity index (χ0) is 14.4. The first-order valence-electron chi connectivity index (χ1n) is 6.11. The molecule has 0 saturated carbocycles. The summed E-state index contributed by atoms with van der Waals surface area (Å²) in [4.78, 5) is 13.4. The number of benzene rings is 1. The van der Waals surface area contributed by atoms with E-state index in [1.165, 1.54) is 7.11 Å². The molecule has 1 aromatic heterocycles. The summed E-state index contributed by atoms with van der Waals surface area (Å²) in [6.45, 7) is 2.66. The minimum atomic E-state index is 0.203. The molecule has 0 aliphatic rings. The van der Waals surface area contributed by atoms with Crippen LogP contribution in [0.5, 0.6) is 17.8 Å². The van der Waals surface area contributed by atoms with Gasteiger partial charge in [-0.1, -0.05) is 12.1 Å². The van der Waals surface area contributed by atoms with Gasteiger partial charge in [-0.2, -0.15) is 9.97 Å². The Balaban J connectivity index is 2.30. The maximum absolute atomic E-state index is 5.73. The number of hydrogen-bond acceptors (Lipinski definition) is 7. The number of rotatable bonds is 6. The third-order valence-electron chi connectivity index (χ3n) is 2.38. The number of nitrogens with zero attached hydrogens (tertiary/aromatic N) is 3. The number of thioether (sulfide) groups is 1. The smallest absolute Gasteiger partial charge is 0.330 e. The lowest BCUT2D eigenvalue weighted by atomic mass is 10.3. The highest BCUT2D eigenvalue weighted by Crippen LogP contribution is 2.30. The molecule has 0 amide bonds. The summed E-state index contributed by atoms with van der Waals surface area (Å²) in [6, 6.07) is 8.12. The van der Waals surface area contributed by atoms with Crippen LogP contribution in [0.3, 0.4) is 0 Å². The van der Waals surface area contributed by atoms with Crippen LogP contribution in [0.2, 0.25) is 0 Å². The highest BCUT2D eigenvalue weighted by molar-refractivity contribution is 7.98. The van der Waals surface area contributed by atoms with Crippen molar-refractivity contribution in [3.05, 3.63) is 24.3 Å². The standard InChI is InChI=1S/C13H16N4O2S/c1-4-14-11-15-12(18-2)17-13(16-11)19-9-7-5-6-8-10(9)20-3/h5-8H,4H2,1-3H3,(H,14,15,16,17).